The van der Waals surface area contributed by atoms with Crippen LogP contribution in [0.25, 0.3) is 0 Å². The standard InChI is InChI=1S/C15H18ClF3N2O/c1-11(14(16)22)10-20-5-7-21(8-6-20)13-4-2-3-12(9-13)15(17,18)19/h2-4,9,11H,5-8,10H2,1H3. The minimum absolute atomic E-state index is 0.234. The van der Waals surface area contributed by atoms with Gasteiger partial charge in [-0.25, -0.2) is 0 Å². The van der Waals surface area contributed by atoms with Crippen molar-refractivity contribution in [1.29, 1.82) is 0 Å². The first kappa shape index (κ1) is 17.1. The van der Waals surface area contributed by atoms with Gasteiger partial charge < -0.3 is 4.90 Å². The molecule has 0 aromatic heterocycles. The quantitative estimate of drug-likeness (QED) is 0.790. The van der Waals surface area contributed by atoms with E-state index in [2.05, 4.69) is 4.90 Å². The molecule has 1 atom stereocenters. The van der Waals surface area contributed by atoms with Gasteiger partial charge in [-0.3, -0.25) is 9.69 Å². The van der Waals surface area contributed by atoms with Gasteiger partial charge in [0.1, 0.15) is 0 Å². The zero-order chi connectivity index (χ0) is 16.3. The summed E-state index contributed by atoms with van der Waals surface area (Å²) in [6.45, 7) is 5.01. The van der Waals surface area contributed by atoms with Crippen LogP contribution in [0, 0.1) is 5.92 Å². The average molecular weight is 335 g/mol. The highest BCUT2D eigenvalue weighted by atomic mass is 35.5. The fraction of sp³-hybridized carbons (Fsp3) is 0.533. The molecular weight excluding hydrogens is 317 g/mol. The van der Waals surface area contributed by atoms with Gasteiger partial charge >= 0.3 is 6.18 Å². The van der Waals surface area contributed by atoms with Crippen LogP contribution in [0.5, 0.6) is 0 Å². The molecule has 1 heterocycles. The van der Waals surface area contributed by atoms with Crippen LogP contribution < -0.4 is 4.90 Å². The molecule has 1 fully saturated rings. The Morgan fingerprint density at radius 1 is 1.27 bits per heavy atom. The Labute approximate surface area is 132 Å². The van der Waals surface area contributed by atoms with Crippen LogP contribution in [0.3, 0.4) is 0 Å². The van der Waals surface area contributed by atoms with Gasteiger partial charge in [0.15, 0.2) is 0 Å². The van der Waals surface area contributed by atoms with Gasteiger partial charge in [0.05, 0.1) is 5.56 Å². The number of hydrogen-bond acceptors (Lipinski definition) is 3. The molecule has 1 aliphatic rings. The summed E-state index contributed by atoms with van der Waals surface area (Å²) in [6.07, 6.45) is -4.33. The number of rotatable bonds is 4. The molecule has 0 saturated carbocycles. The molecule has 0 aliphatic carbocycles. The van der Waals surface area contributed by atoms with Crippen molar-refractivity contribution in [3.63, 3.8) is 0 Å². The number of alkyl halides is 3. The molecule has 0 bridgehead atoms. The fourth-order valence-electron chi connectivity index (χ4n) is 2.53. The van der Waals surface area contributed by atoms with Crippen molar-refractivity contribution in [3.05, 3.63) is 29.8 Å². The third-order valence-corrected chi connectivity index (χ3v) is 4.20. The summed E-state index contributed by atoms with van der Waals surface area (Å²) in [5, 5.41) is -0.361. The largest absolute Gasteiger partial charge is 0.416 e. The lowest BCUT2D eigenvalue weighted by Crippen LogP contribution is -2.48. The number of benzene rings is 1. The summed E-state index contributed by atoms with van der Waals surface area (Å²) in [4.78, 5) is 15.1. The van der Waals surface area contributed by atoms with E-state index >= 15 is 0 Å². The molecule has 122 valence electrons. The second-order valence-corrected chi connectivity index (χ2v) is 5.91. The number of hydrogen-bond donors (Lipinski definition) is 0. The monoisotopic (exact) mass is 334 g/mol. The highest BCUT2D eigenvalue weighted by molar-refractivity contribution is 6.63. The maximum Gasteiger partial charge on any atom is 0.416 e. The molecule has 0 radical (unpaired) electrons. The average Bonchev–Trinajstić information content (AvgIpc) is 2.47. The first-order chi connectivity index (χ1) is 10.3. The number of halogens is 4. The van der Waals surface area contributed by atoms with Gasteiger partial charge in [-0.1, -0.05) is 13.0 Å². The SMILES string of the molecule is CC(CN1CCN(c2cccc(C(F)(F)F)c2)CC1)C(=O)Cl. The Balaban J connectivity index is 1.96. The lowest BCUT2D eigenvalue weighted by Gasteiger charge is -2.37. The van der Waals surface area contributed by atoms with Crippen molar-refractivity contribution in [3.8, 4) is 0 Å². The minimum atomic E-state index is -4.33. The zero-order valence-electron chi connectivity index (χ0n) is 12.2. The van der Waals surface area contributed by atoms with E-state index < -0.39 is 11.7 Å². The molecule has 2 rings (SSSR count). The second-order valence-electron chi connectivity index (χ2n) is 5.54. The first-order valence-electron chi connectivity index (χ1n) is 7.11. The lowest BCUT2D eigenvalue weighted by molar-refractivity contribution is -0.137. The minimum Gasteiger partial charge on any atom is -0.369 e. The van der Waals surface area contributed by atoms with Crippen LogP contribution in [0.4, 0.5) is 18.9 Å². The van der Waals surface area contributed by atoms with Crippen LogP contribution >= 0.6 is 11.6 Å². The van der Waals surface area contributed by atoms with Crippen LogP contribution in [0.1, 0.15) is 12.5 Å². The van der Waals surface area contributed by atoms with Crippen molar-refractivity contribution < 1.29 is 18.0 Å². The second kappa shape index (κ2) is 6.87. The molecule has 1 saturated heterocycles. The van der Waals surface area contributed by atoms with Crippen LogP contribution in [-0.4, -0.2) is 42.9 Å². The van der Waals surface area contributed by atoms with E-state index in [9.17, 15) is 18.0 Å². The summed E-state index contributed by atoms with van der Waals surface area (Å²) < 4.78 is 38.2. The number of anilines is 1. The molecule has 22 heavy (non-hydrogen) atoms. The van der Waals surface area contributed by atoms with Crippen LogP contribution in [-0.2, 0) is 11.0 Å². The van der Waals surface area contributed by atoms with Gasteiger partial charge in [0, 0.05) is 44.3 Å². The Kier molecular flexibility index (Phi) is 5.34. The van der Waals surface area contributed by atoms with Crippen molar-refractivity contribution >= 4 is 22.5 Å². The molecule has 0 N–H and O–H groups in total. The van der Waals surface area contributed by atoms with E-state index in [0.29, 0.717) is 38.4 Å². The number of carbonyl (C=O) groups excluding carboxylic acids is 1. The first-order valence-corrected chi connectivity index (χ1v) is 7.49. The highest BCUT2D eigenvalue weighted by Gasteiger charge is 2.31. The van der Waals surface area contributed by atoms with Gasteiger partial charge in [-0.2, -0.15) is 13.2 Å². The maximum atomic E-state index is 12.7. The van der Waals surface area contributed by atoms with Crippen molar-refractivity contribution in [1.82, 2.24) is 4.90 Å². The fourth-order valence-corrected chi connectivity index (χ4v) is 2.60. The van der Waals surface area contributed by atoms with Crippen LogP contribution in [0.15, 0.2) is 24.3 Å². The molecule has 0 amide bonds. The molecular formula is C15H18ClF3N2O. The molecule has 1 aromatic carbocycles. The predicted molar refractivity (Wildman–Crippen MR) is 80.1 cm³/mol. The van der Waals surface area contributed by atoms with Crippen molar-refractivity contribution in [2.45, 2.75) is 13.1 Å². The van der Waals surface area contributed by atoms with E-state index in [1.54, 1.807) is 13.0 Å². The molecule has 1 aliphatic heterocycles. The molecule has 7 heteroatoms. The molecule has 3 nitrogen and oxygen atoms in total. The van der Waals surface area contributed by atoms with Crippen molar-refractivity contribution in [2.24, 2.45) is 5.92 Å². The van der Waals surface area contributed by atoms with E-state index in [-0.39, 0.29) is 11.2 Å². The third-order valence-electron chi connectivity index (χ3n) is 3.83. The van der Waals surface area contributed by atoms with Crippen LogP contribution in [0.2, 0.25) is 0 Å². The smallest absolute Gasteiger partial charge is 0.369 e. The van der Waals surface area contributed by atoms with E-state index in [4.69, 9.17) is 11.6 Å². The predicted octanol–water partition coefficient (Wildman–Crippen LogP) is 3.23. The van der Waals surface area contributed by atoms with Gasteiger partial charge in [-0.15, -0.1) is 0 Å². The van der Waals surface area contributed by atoms with Crippen molar-refractivity contribution in [2.75, 3.05) is 37.6 Å². The Morgan fingerprint density at radius 2 is 1.91 bits per heavy atom. The van der Waals surface area contributed by atoms with E-state index in [1.165, 1.54) is 12.1 Å². The van der Waals surface area contributed by atoms with Gasteiger partial charge in [0.2, 0.25) is 5.24 Å². The lowest BCUT2D eigenvalue weighted by atomic mass is 10.1. The normalized spacial score (nSPS) is 18.3. The Bertz CT molecular complexity index is 528. The topological polar surface area (TPSA) is 23.6 Å². The summed E-state index contributed by atoms with van der Waals surface area (Å²) in [6, 6.07) is 5.38. The molecule has 1 aromatic rings. The molecule has 0 spiro atoms. The molecule has 1 unspecified atom stereocenters. The van der Waals surface area contributed by atoms with E-state index in [0.717, 1.165) is 6.07 Å². The van der Waals surface area contributed by atoms with Gasteiger partial charge in [-0.05, 0) is 29.8 Å². The zero-order valence-corrected chi connectivity index (χ0v) is 13.0. The highest BCUT2D eigenvalue weighted by Crippen LogP contribution is 2.31. The van der Waals surface area contributed by atoms with E-state index in [1.807, 2.05) is 4.90 Å². The number of carbonyl (C=O) groups is 1. The Morgan fingerprint density at radius 3 is 2.45 bits per heavy atom. The van der Waals surface area contributed by atoms with Gasteiger partial charge in [0.25, 0.3) is 0 Å². The summed E-state index contributed by atoms with van der Waals surface area (Å²) in [5.74, 6) is -0.234. The summed E-state index contributed by atoms with van der Waals surface area (Å²) >= 11 is 5.45. The summed E-state index contributed by atoms with van der Waals surface area (Å²) in [7, 11) is 0. The number of piperazine rings is 1. The number of nitrogens with zero attached hydrogens (tertiary/aromatic N) is 2. The third kappa shape index (κ3) is 4.36. The summed E-state index contributed by atoms with van der Waals surface area (Å²) in [5.41, 5.74) is -0.0512. The maximum absolute atomic E-state index is 12.7. The Hall–Kier alpha value is -1.27.